The van der Waals surface area contributed by atoms with Crippen LogP contribution in [0.15, 0.2) is 16.3 Å². The Morgan fingerprint density at radius 1 is 1.27 bits per heavy atom. The largest absolute Gasteiger partial charge is 0.456 e. The topological polar surface area (TPSA) is 55.7 Å². The summed E-state index contributed by atoms with van der Waals surface area (Å²) in [5, 5.41) is 0. The number of aliphatic imine (C=N–C) groups is 1. The van der Waals surface area contributed by atoms with Gasteiger partial charge in [-0.15, -0.1) is 0 Å². The van der Waals surface area contributed by atoms with Crippen LogP contribution in [0.4, 0.5) is 0 Å². The number of ether oxygens (including phenoxy) is 1. The monoisotopic (exact) mass is 205 g/mol. The average molecular weight is 205 g/mol. The van der Waals surface area contributed by atoms with Crippen LogP contribution in [-0.4, -0.2) is 24.1 Å². The lowest BCUT2D eigenvalue weighted by Gasteiger charge is -2.25. The van der Waals surface area contributed by atoms with Crippen molar-refractivity contribution in [1.82, 2.24) is 0 Å². The Kier molecular flexibility index (Phi) is 1.78. The van der Waals surface area contributed by atoms with Gasteiger partial charge < -0.3 is 4.74 Å². The van der Waals surface area contributed by atoms with E-state index in [4.69, 9.17) is 4.74 Å². The molecule has 15 heavy (non-hydrogen) atoms. The third-order valence-corrected chi connectivity index (χ3v) is 3.27. The Balaban J connectivity index is 2.00. The van der Waals surface area contributed by atoms with Crippen molar-refractivity contribution < 1.29 is 14.3 Å². The Labute approximate surface area is 87.0 Å². The van der Waals surface area contributed by atoms with Gasteiger partial charge in [-0.3, -0.25) is 9.79 Å². The van der Waals surface area contributed by atoms with E-state index in [0.29, 0.717) is 25.0 Å². The highest BCUT2D eigenvalue weighted by molar-refractivity contribution is 6.10. The van der Waals surface area contributed by atoms with Crippen LogP contribution in [0.5, 0.6) is 0 Å². The molecule has 0 saturated heterocycles. The number of carbonyl (C=O) groups excluding carboxylic acids is 2. The highest BCUT2D eigenvalue weighted by atomic mass is 16.5. The van der Waals surface area contributed by atoms with Crippen molar-refractivity contribution in [3.05, 3.63) is 11.3 Å². The molecule has 1 unspecified atom stereocenters. The minimum atomic E-state index is -0.286. The van der Waals surface area contributed by atoms with Gasteiger partial charge in [0.1, 0.15) is 12.4 Å². The lowest BCUT2D eigenvalue weighted by molar-refractivity contribution is -0.136. The Morgan fingerprint density at radius 3 is 3.00 bits per heavy atom. The van der Waals surface area contributed by atoms with Crippen molar-refractivity contribution >= 4 is 17.5 Å². The summed E-state index contributed by atoms with van der Waals surface area (Å²) < 4.78 is 4.91. The fourth-order valence-electron chi connectivity index (χ4n) is 2.45. The van der Waals surface area contributed by atoms with Crippen LogP contribution in [-0.2, 0) is 14.3 Å². The maximum atomic E-state index is 11.7. The summed E-state index contributed by atoms with van der Waals surface area (Å²) in [5.74, 6) is -0.194. The zero-order valence-electron chi connectivity index (χ0n) is 8.28. The lowest BCUT2D eigenvalue weighted by Crippen LogP contribution is -2.31. The molecule has 2 heterocycles. The summed E-state index contributed by atoms with van der Waals surface area (Å²) in [6, 6.07) is 0. The number of ketones is 1. The number of esters is 1. The molecule has 0 aromatic carbocycles. The highest BCUT2D eigenvalue weighted by Crippen LogP contribution is 2.34. The second kappa shape index (κ2) is 3.02. The second-order valence-corrected chi connectivity index (χ2v) is 4.18. The van der Waals surface area contributed by atoms with Crippen LogP contribution in [0.3, 0.4) is 0 Å². The van der Waals surface area contributed by atoms with Gasteiger partial charge in [-0.1, -0.05) is 0 Å². The third-order valence-electron chi connectivity index (χ3n) is 3.27. The number of carbonyl (C=O) groups is 2. The predicted octanol–water partition coefficient (Wildman–Crippen LogP) is 1.01. The smallest absolute Gasteiger partial charge is 0.336 e. The maximum absolute atomic E-state index is 11.7. The minimum Gasteiger partial charge on any atom is -0.456 e. The van der Waals surface area contributed by atoms with Crippen molar-refractivity contribution in [3.63, 3.8) is 0 Å². The lowest BCUT2D eigenvalue weighted by atomic mass is 9.80. The Morgan fingerprint density at radius 2 is 2.13 bits per heavy atom. The van der Waals surface area contributed by atoms with Crippen LogP contribution < -0.4 is 0 Å². The molecule has 0 N–H and O–H groups in total. The predicted molar refractivity (Wildman–Crippen MR) is 52.4 cm³/mol. The molecule has 1 aliphatic carbocycles. The van der Waals surface area contributed by atoms with E-state index in [1.807, 2.05) is 0 Å². The fraction of sp³-hybridized carbons (Fsp3) is 0.545. The first-order valence-corrected chi connectivity index (χ1v) is 5.25. The van der Waals surface area contributed by atoms with Crippen molar-refractivity contribution in [3.8, 4) is 0 Å². The summed E-state index contributed by atoms with van der Waals surface area (Å²) in [6.07, 6.45) is 2.93. The van der Waals surface area contributed by atoms with Crippen LogP contribution in [0, 0.1) is 5.92 Å². The summed E-state index contributed by atoms with van der Waals surface area (Å²) >= 11 is 0. The molecule has 0 aromatic rings. The van der Waals surface area contributed by atoms with Crippen LogP contribution in [0.2, 0.25) is 0 Å². The highest BCUT2D eigenvalue weighted by Gasteiger charge is 2.37. The van der Waals surface area contributed by atoms with Crippen LogP contribution >= 0.6 is 0 Å². The molecule has 0 radical (unpaired) electrons. The summed E-state index contributed by atoms with van der Waals surface area (Å²) in [7, 11) is 0. The van der Waals surface area contributed by atoms with E-state index >= 15 is 0 Å². The standard InChI is InChI=1S/C11H11NO3/c13-10-3-1-2-8-6(10)4-7-9(12-8)5-15-11(7)14/h6H,1-5H2. The van der Waals surface area contributed by atoms with Gasteiger partial charge in [0.15, 0.2) is 0 Å². The molecule has 0 bridgehead atoms. The van der Waals surface area contributed by atoms with Gasteiger partial charge in [0, 0.05) is 12.1 Å². The van der Waals surface area contributed by atoms with Gasteiger partial charge in [0.25, 0.3) is 0 Å². The number of fused-ring (bicyclic) bond motifs is 1. The van der Waals surface area contributed by atoms with Gasteiger partial charge in [-0.25, -0.2) is 4.79 Å². The number of cyclic esters (lactones) is 1. The number of hydrogen-bond donors (Lipinski definition) is 0. The van der Waals surface area contributed by atoms with E-state index in [9.17, 15) is 9.59 Å². The third kappa shape index (κ3) is 1.24. The average Bonchev–Trinajstić information content (AvgIpc) is 2.59. The normalized spacial score (nSPS) is 29.6. The van der Waals surface area contributed by atoms with Gasteiger partial charge in [0.05, 0.1) is 17.2 Å². The molecule has 78 valence electrons. The molecular weight excluding hydrogens is 194 g/mol. The van der Waals surface area contributed by atoms with Gasteiger partial charge >= 0.3 is 5.97 Å². The van der Waals surface area contributed by atoms with E-state index < -0.39 is 0 Å². The van der Waals surface area contributed by atoms with Crippen molar-refractivity contribution in [2.24, 2.45) is 10.9 Å². The molecular formula is C11H11NO3. The summed E-state index contributed by atoms with van der Waals surface area (Å²) in [4.78, 5) is 27.4. The number of nitrogens with zero attached hydrogens (tertiary/aromatic N) is 1. The zero-order valence-corrected chi connectivity index (χ0v) is 8.28. The Hall–Kier alpha value is -1.45. The molecule has 4 heteroatoms. The second-order valence-electron chi connectivity index (χ2n) is 4.18. The molecule has 1 saturated carbocycles. The number of rotatable bonds is 0. The molecule has 3 rings (SSSR count). The first-order chi connectivity index (χ1) is 7.25. The van der Waals surface area contributed by atoms with Crippen molar-refractivity contribution in [1.29, 1.82) is 0 Å². The van der Waals surface area contributed by atoms with Crippen molar-refractivity contribution in [2.75, 3.05) is 6.61 Å². The maximum Gasteiger partial charge on any atom is 0.336 e. The van der Waals surface area contributed by atoms with Gasteiger partial charge in [-0.05, 0) is 19.3 Å². The molecule has 2 aliphatic heterocycles. The first-order valence-electron chi connectivity index (χ1n) is 5.25. The van der Waals surface area contributed by atoms with Crippen molar-refractivity contribution in [2.45, 2.75) is 25.7 Å². The van der Waals surface area contributed by atoms with E-state index in [2.05, 4.69) is 4.99 Å². The molecule has 1 fully saturated rings. The van der Waals surface area contributed by atoms with E-state index in [0.717, 1.165) is 24.3 Å². The summed E-state index contributed by atoms with van der Waals surface area (Å²) in [5.41, 5.74) is 2.34. The quantitative estimate of drug-likeness (QED) is 0.554. The van der Waals surface area contributed by atoms with Crippen LogP contribution in [0.1, 0.15) is 25.7 Å². The van der Waals surface area contributed by atoms with E-state index in [1.165, 1.54) is 0 Å². The van der Waals surface area contributed by atoms with E-state index in [1.54, 1.807) is 0 Å². The SMILES string of the molecule is O=C1OCC2=C1CC1C(=O)CCCC1=N2. The molecule has 0 aromatic heterocycles. The summed E-state index contributed by atoms with van der Waals surface area (Å²) in [6.45, 7) is 0.290. The van der Waals surface area contributed by atoms with E-state index in [-0.39, 0.29) is 17.7 Å². The molecule has 1 atom stereocenters. The molecule has 0 spiro atoms. The van der Waals surface area contributed by atoms with Crippen LogP contribution in [0.25, 0.3) is 0 Å². The molecule has 4 nitrogen and oxygen atoms in total. The van der Waals surface area contributed by atoms with Gasteiger partial charge in [-0.2, -0.15) is 0 Å². The number of hydrogen-bond acceptors (Lipinski definition) is 4. The number of Topliss-reactive ketones (excluding diaryl/α,β-unsaturated/α-hetero) is 1. The zero-order chi connectivity index (χ0) is 10.4. The fourth-order valence-corrected chi connectivity index (χ4v) is 2.45. The first kappa shape index (κ1) is 8.83. The molecule has 0 amide bonds. The van der Waals surface area contributed by atoms with Gasteiger partial charge in [0.2, 0.25) is 0 Å². The Bertz CT molecular complexity index is 420. The molecule has 3 aliphatic rings. The minimum absolute atomic E-state index is 0.136.